The lowest BCUT2D eigenvalue weighted by Gasteiger charge is -2.55. The Hall–Kier alpha value is -0.930. The number of benzene rings is 1. The lowest BCUT2D eigenvalue weighted by molar-refractivity contribution is -0.0995. The molecule has 0 amide bonds. The van der Waals surface area contributed by atoms with Gasteiger partial charge in [0, 0.05) is 19.1 Å². The quantitative estimate of drug-likeness (QED) is 0.905. The first-order valence-electron chi connectivity index (χ1n) is 7.31. The van der Waals surface area contributed by atoms with Crippen molar-refractivity contribution in [1.29, 1.82) is 0 Å². The van der Waals surface area contributed by atoms with Crippen molar-refractivity contribution in [2.75, 3.05) is 19.7 Å². The van der Waals surface area contributed by atoms with E-state index in [2.05, 4.69) is 12.2 Å². The number of nitrogens with one attached hydrogen (secondary N) is 1. The molecular formula is C16H22FNO. The van der Waals surface area contributed by atoms with Gasteiger partial charge in [-0.3, -0.25) is 0 Å². The highest BCUT2D eigenvalue weighted by atomic mass is 19.1. The largest absolute Gasteiger partial charge is 0.378 e. The maximum absolute atomic E-state index is 13.1. The van der Waals surface area contributed by atoms with E-state index in [0.29, 0.717) is 17.4 Å². The lowest BCUT2D eigenvalue weighted by atomic mass is 9.55. The summed E-state index contributed by atoms with van der Waals surface area (Å²) in [5, 5.41) is 3.48. The Morgan fingerprint density at radius 1 is 1.32 bits per heavy atom. The number of halogens is 1. The topological polar surface area (TPSA) is 21.3 Å². The molecule has 0 bridgehead atoms. The van der Waals surface area contributed by atoms with Crippen LogP contribution < -0.4 is 5.32 Å². The normalized spacial score (nSPS) is 34.2. The first kappa shape index (κ1) is 13.1. The van der Waals surface area contributed by atoms with Crippen molar-refractivity contribution in [1.82, 2.24) is 5.32 Å². The number of ether oxygens (including phenoxy) is 1. The molecule has 2 fully saturated rings. The van der Waals surface area contributed by atoms with E-state index in [-0.39, 0.29) is 5.82 Å². The molecule has 3 rings (SSSR count). The summed E-state index contributed by atoms with van der Waals surface area (Å²) in [5.74, 6) is 0.348. The van der Waals surface area contributed by atoms with Gasteiger partial charge < -0.3 is 10.1 Å². The SMILES string of the molecule is CCOC1CC2(CCNCC2c2ccc(F)cc2)C1. The highest BCUT2D eigenvalue weighted by Crippen LogP contribution is 2.55. The van der Waals surface area contributed by atoms with Gasteiger partial charge in [0.25, 0.3) is 0 Å². The second kappa shape index (κ2) is 5.22. The van der Waals surface area contributed by atoms with Crippen LogP contribution in [0.25, 0.3) is 0 Å². The number of hydrogen-bond acceptors (Lipinski definition) is 2. The van der Waals surface area contributed by atoms with Gasteiger partial charge in [0.2, 0.25) is 0 Å². The molecule has 1 atom stereocenters. The molecular weight excluding hydrogens is 241 g/mol. The lowest BCUT2D eigenvalue weighted by Crippen LogP contribution is -2.53. The Labute approximate surface area is 114 Å². The van der Waals surface area contributed by atoms with Crippen molar-refractivity contribution >= 4 is 0 Å². The minimum Gasteiger partial charge on any atom is -0.378 e. The molecule has 1 heterocycles. The van der Waals surface area contributed by atoms with Crippen molar-refractivity contribution in [2.45, 2.75) is 38.2 Å². The third-order valence-electron chi connectivity index (χ3n) is 4.83. The zero-order valence-corrected chi connectivity index (χ0v) is 11.5. The first-order valence-corrected chi connectivity index (χ1v) is 7.31. The van der Waals surface area contributed by atoms with E-state index < -0.39 is 0 Å². The predicted octanol–water partition coefficient (Wildman–Crippen LogP) is 3.09. The number of rotatable bonds is 3. The summed E-state index contributed by atoms with van der Waals surface area (Å²) < 4.78 is 18.8. The Kier molecular flexibility index (Phi) is 3.59. The Morgan fingerprint density at radius 2 is 2.05 bits per heavy atom. The van der Waals surface area contributed by atoms with Crippen LogP contribution in [0.1, 0.15) is 37.7 Å². The summed E-state index contributed by atoms with van der Waals surface area (Å²) in [6.45, 7) is 4.96. The maximum Gasteiger partial charge on any atom is 0.123 e. The summed E-state index contributed by atoms with van der Waals surface area (Å²) in [4.78, 5) is 0. The molecule has 2 nitrogen and oxygen atoms in total. The summed E-state index contributed by atoms with van der Waals surface area (Å²) in [6.07, 6.45) is 3.96. The van der Waals surface area contributed by atoms with Gasteiger partial charge in [-0.05, 0) is 55.8 Å². The van der Waals surface area contributed by atoms with Crippen LogP contribution in [-0.4, -0.2) is 25.8 Å². The Bertz CT molecular complexity index is 425. The van der Waals surface area contributed by atoms with Gasteiger partial charge in [0.15, 0.2) is 0 Å². The molecule has 3 heteroatoms. The van der Waals surface area contributed by atoms with Crippen LogP contribution in [0.5, 0.6) is 0 Å². The molecule has 0 aromatic heterocycles. The van der Waals surface area contributed by atoms with Crippen LogP contribution in [-0.2, 0) is 4.74 Å². The summed E-state index contributed by atoms with van der Waals surface area (Å²) in [7, 11) is 0. The van der Waals surface area contributed by atoms with E-state index in [0.717, 1.165) is 32.5 Å². The molecule has 1 aromatic carbocycles. The zero-order valence-electron chi connectivity index (χ0n) is 11.5. The summed E-state index contributed by atoms with van der Waals surface area (Å²) >= 11 is 0. The molecule has 104 valence electrons. The minimum absolute atomic E-state index is 0.151. The zero-order chi connectivity index (χ0) is 13.3. The van der Waals surface area contributed by atoms with Crippen LogP contribution in [0, 0.1) is 11.2 Å². The summed E-state index contributed by atoms with van der Waals surface area (Å²) in [5.41, 5.74) is 1.65. The average molecular weight is 263 g/mol. The van der Waals surface area contributed by atoms with Gasteiger partial charge in [-0.15, -0.1) is 0 Å². The number of piperidine rings is 1. The molecule has 1 saturated heterocycles. The fourth-order valence-corrected chi connectivity index (χ4v) is 3.83. The molecule has 1 aliphatic heterocycles. The average Bonchev–Trinajstić information content (AvgIpc) is 2.39. The van der Waals surface area contributed by atoms with E-state index in [1.54, 1.807) is 12.1 Å². The first-order chi connectivity index (χ1) is 9.23. The van der Waals surface area contributed by atoms with Crippen molar-refractivity contribution in [3.63, 3.8) is 0 Å². The second-order valence-electron chi connectivity index (χ2n) is 5.91. The molecule has 1 aromatic rings. The fraction of sp³-hybridized carbons (Fsp3) is 0.625. The molecule has 1 aliphatic carbocycles. The van der Waals surface area contributed by atoms with Gasteiger partial charge in [-0.2, -0.15) is 0 Å². The van der Waals surface area contributed by atoms with Gasteiger partial charge in [0.05, 0.1) is 6.10 Å². The maximum atomic E-state index is 13.1. The van der Waals surface area contributed by atoms with Gasteiger partial charge in [-0.25, -0.2) is 4.39 Å². The molecule has 1 spiro atoms. The van der Waals surface area contributed by atoms with E-state index >= 15 is 0 Å². The van der Waals surface area contributed by atoms with Crippen LogP contribution in [0.3, 0.4) is 0 Å². The molecule has 1 N–H and O–H groups in total. The van der Waals surface area contributed by atoms with Crippen LogP contribution in [0.4, 0.5) is 4.39 Å². The predicted molar refractivity (Wildman–Crippen MR) is 73.7 cm³/mol. The highest BCUT2D eigenvalue weighted by Gasteiger charge is 2.51. The van der Waals surface area contributed by atoms with Crippen LogP contribution >= 0.6 is 0 Å². The fourth-order valence-electron chi connectivity index (χ4n) is 3.83. The minimum atomic E-state index is -0.151. The van der Waals surface area contributed by atoms with E-state index in [1.165, 1.54) is 12.0 Å². The molecule has 2 aliphatic rings. The van der Waals surface area contributed by atoms with E-state index in [4.69, 9.17) is 4.74 Å². The van der Waals surface area contributed by atoms with Crippen LogP contribution in [0.2, 0.25) is 0 Å². The molecule has 1 unspecified atom stereocenters. The van der Waals surface area contributed by atoms with E-state index in [1.807, 2.05) is 12.1 Å². The molecule has 19 heavy (non-hydrogen) atoms. The van der Waals surface area contributed by atoms with Crippen molar-refractivity contribution in [3.8, 4) is 0 Å². The van der Waals surface area contributed by atoms with Gasteiger partial charge >= 0.3 is 0 Å². The Morgan fingerprint density at radius 3 is 2.74 bits per heavy atom. The Balaban J connectivity index is 1.77. The van der Waals surface area contributed by atoms with Crippen molar-refractivity contribution < 1.29 is 9.13 Å². The van der Waals surface area contributed by atoms with Crippen LogP contribution in [0.15, 0.2) is 24.3 Å². The second-order valence-corrected chi connectivity index (χ2v) is 5.91. The third-order valence-corrected chi connectivity index (χ3v) is 4.83. The van der Waals surface area contributed by atoms with Gasteiger partial charge in [-0.1, -0.05) is 12.1 Å². The van der Waals surface area contributed by atoms with Crippen molar-refractivity contribution in [2.24, 2.45) is 5.41 Å². The number of hydrogen-bond donors (Lipinski definition) is 1. The van der Waals surface area contributed by atoms with Gasteiger partial charge in [0.1, 0.15) is 5.82 Å². The molecule has 0 radical (unpaired) electrons. The van der Waals surface area contributed by atoms with E-state index in [9.17, 15) is 4.39 Å². The molecule has 1 saturated carbocycles. The third kappa shape index (κ3) is 2.41. The monoisotopic (exact) mass is 263 g/mol. The summed E-state index contributed by atoms with van der Waals surface area (Å²) in [6, 6.07) is 7.05. The van der Waals surface area contributed by atoms with Crippen molar-refractivity contribution in [3.05, 3.63) is 35.6 Å². The standard InChI is InChI=1S/C16H22FNO/c1-2-19-14-9-16(10-14)7-8-18-11-15(16)12-3-5-13(17)6-4-12/h3-6,14-15,18H,2,7-11H2,1H3. The smallest absolute Gasteiger partial charge is 0.123 e. The highest BCUT2D eigenvalue weighted by molar-refractivity contribution is 5.26.